The second kappa shape index (κ2) is 5.81. The van der Waals surface area contributed by atoms with Crippen LogP contribution in [0.25, 0.3) is 10.1 Å². The molecule has 0 fully saturated rings. The van der Waals surface area contributed by atoms with E-state index in [1.807, 2.05) is 39.2 Å². The maximum atomic E-state index is 12.3. The molecule has 0 bridgehead atoms. The summed E-state index contributed by atoms with van der Waals surface area (Å²) in [4.78, 5) is 15.0. The summed E-state index contributed by atoms with van der Waals surface area (Å²) in [5, 5.41) is 3.92. The largest absolute Gasteiger partial charge is 0.397 e. The van der Waals surface area contributed by atoms with E-state index in [-0.39, 0.29) is 11.9 Å². The number of nitrogens with zero attached hydrogens (tertiary/aromatic N) is 1. The fourth-order valence-electron chi connectivity index (χ4n) is 1.95. The number of amides is 1. The number of anilines is 1. The first kappa shape index (κ1) is 14.8. The predicted octanol–water partition coefficient (Wildman–Crippen LogP) is 2.47. The Hall–Kier alpha value is -1.59. The molecule has 2 rings (SSSR count). The van der Waals surface area contributed by atoms with Gasteiger partial charge in [0.25, 0.3) is 5.91 Å². The average Bonchev–Trinajstić information content (AvgIpc) is 2.75. The number of carbonyl (C=O) groups is 1. The third kappa shape index (κ3) is 2.78. The van der Waals surface area contributed by atoms with Gasteiger partial charge in [-0.25, -0.2) is 0 Å². The van der Waals surface area contributed by atoms with Gasteiger partial charge >= 0.3 is 0 Å². The van der Waals surface area contributed by atoms with Crippen molar-refractivity contribution in [1.29, 1.82) is 0 Å². The lowest BCUT2D eigenvalue weighted by Crippen LogP contribution is -2.38. The molecule has 0 aliphatic carbocycles. The standard InChI is InChI=1S/C15H21N3OS/c1-9-6-5-7-11-12(16)14(20-13(9)11)15(19)17-8-10(2)18(3)4/h5-7,10H,8,16H2,1-4H3,(H,17,19). The van der Waals surface area contributed by atoms with E-state index < -0.39 is 0 Å². The number of fused-ring (bicyclic) bond motifs is 1. The molecule has 1 unspecified atom stereocenters. The van der Waals surface area contributed by atoms with Crippen molar-refractivity contribution in [2.75, 3.05) is 26.4 Å². The van der Waals surface area contributed by atoms with Crippen LogP contribution >= 0.6 is 11.3 Å². The highest BCUT2D eigenvalue weighted by Gasteiger charge is 2.17. The summed E-state index contributed by atoms with van der Waals surface area (Å²) in [6, 6.07) is 6.26. The van der Waals surface area contributed by atoms with Gasteiger partial charge < -0.3 is 16.0 Å². The lowest BCUT2D eigenvalue weighted by molar-refractivity contribution is 0.0948. The van der Waals surface area contributed by atoms with Crippen molar-refractivity contribution in [2.24, 2.45) is 0 Å². The Labute approximate surface area is 123 Å². The monoisotopic (exact) mass is 291 g/mol. The number of aryl methyl sites for hydroxylation is 1. The fraction of sp³-hybridized carbons (Fsp3) is 0.400. The van der Waals surface area contributed by atoms with Gasteiger partial charge in [0.1, 0.15) is 4.88 Å². The normalized spacial score (nSPS) is 12.8. The summed E-state index contributed by atoms with van der Waals surface area (Å²) in [6.45, 7) is 4.71. The number of nitrogens with two attached hydrogens (primary N) is 1. The Morgan fingerprint density at radius 1 is 1.45 bits per heavy atom. The van der Waals surface area contributed by atoms with Crippen molar-refractivity contribution < 1.29 is 4.79 Å². The van der Waals surface area contributed by atoms with Crippen LogP contribution in [-0.4, -0.2) is 37.5 Å². The predicted molar refractivity (Wildman–Crippen MR) is 86.5 cm³/mol. The van der Waals surface area contributed by atoms with Gasteiger partial charge in [0, 0.05) is 22.7 Å². The summed E-state index contributed by atoms with van der Waals surface area (Å²) < 4.78 is 1.09. The van der Waals surface area contributed by atoms with Crippen molar-refractivity contribution in [1.82, 2.24) is 10.2 Å². The number of likely N-dealkylation sites (N-methyl/N-ethyl adjacent to an activating group) is 1. The first-order valence-electron chi connectivity index (χ1n) is 6.64. The van der Waals surface area contributed by atoms with Gasteiger partial charge in [0.05, 0.1) is 5.69 Å². The van der Waals surface area contributed by atoms with Crippen LogP contribution in [0.3, 0.4) is 0 Å². The first-order chi connectivity index (χ1) is 9.41. The van der Waals surface area contributed by atoms with Crippen LogP contribution in [0.1, 0.15) is 22.2 Å². The van der Waals surface area contributed by atoms with Gasteiger partial charge in [-0.2, -0.15) is 0 Å². The molecule has 2 aromatic rings. The highest BCUT2D eigenvalue weighted by Crippen LogP contribution is 2.35. The van der Waals surface area contributed by atoms with E-state index in [1.165, 1.54) is 11.3 Å². The topological polar surface area (TPSA) is 58.4 Å². The fourth-order valence-corrected chi connectivity index (χ4v) is 3.06. The van der Waals surface area contributed by atoms with E-state index in [2.05, 4.69) is 17.1 Å². The molecule has 108 valence electrons. The summed E-state index contributed by atoms with van der Waals surface area (Å²) >= 11 is 1.47. The molecule has 1 atom stereocenters. The smallest absolute Gasteiger partial charge is 0.263 e. The number of thiophene rings is 1. The molecule has 3 N–H and O–H groups in total. The van der Waals surface area contributed by atoms with Crippen LogP contribution in [0.2, 0.25) is 0 Å². The third-order valence-corrected chi connectivity index (χ3v) is 4.95. The minimum Gasteiger partial charge on any atom is -0.397 e. The van der Waals surface area contributed by atoms with Crippen molar-refractivity contribution >= 4 is 33.0 Å². The third-order valence-electron chi connectivity index (χ3n) is 3.60. The molecule has 0 aliphatic rings. The van der Waals surface area contributed by atoms with E-state index in [0.717, 1.165) is 15.6 Å². The highest BCUT2D eigenvalue weighted by molar-refractivity contribution is 7.21. The first-order valence-corrected chi connectivity index (χ1v) is 7.45. The van der Waals surface area contributed by atoms with Crippen LogP contribution in [-0.2, 0) is 0 Å². The zero-order valence-corrected chi connectivity index (χ0v) is 13.2. The number of benzene rings is 1. The van der Waals surface area contributed by atoms with E-state index in [4.69, 9.17) is 5.73 Å². The summed E-state index contributed by atoms with van der Waals surface area (Å²) in [7, 11) is 3.99. The molecule has 0 radical (unpaired) electrons. The van der Waals surface area contributed by atoms with Gasteiger partial charge in [0.2, 0.25) is 0 Å². The molecule has 5 heteroatoms. The molecule has 1 heterocycles. The molecule has 0 saturated heterocycles. The van der Waals surface area contributed by atoms with Crippen LogP contribution < -0.4 is 11.1 Å². The van der Waals surface area contributed by atoms with E-state index in [1.54, 1.807) is 0 Å². The molecule has 0 saturated carbocycles. The molecule has 1 amide bonds. The van der Waals surface area contributed by atoms with Crippen molar-refractivity contribution in [3.8, 4) is 0 Å². The Morgan fingerprint density at radius 2 is 2.15 bits per heavy atom. The second-order valence-electron chi connectivity index (χ2n) is 5.32. The molecule has 4 nitrogen and oxygen atoms in total. The zero-order chi connectivity index (χ0) is 14.9. The second-order valence-corrected chi connectivity index (χ2v) is 6.34. The van der Waals surface area contributed by atoms with Gasteiger partial charge in [-0.1, -0.05) is 18.2 Å². The minimum atomic E-state index is -0.0863. The Bertz CT molecular complexity index is 633. The van der Waals surface area contributed by atoms with E-state index in [0.29, 0.717) is 17.1 Å². The molecular formula is C15H21N3OS. The maximum absolute atomic E-state index is 12.3. The summed E-state index contributed by atoms with van der Waals surface area (Å²) in [5.41, 5.74) is 7.85. The van der Waals surface area contributed by atoms with Crippen molar-refractivity contribution in [3.63, 3.8) is 0 Å². The van der Waals surface area contributed by atoms with Gasteiger partial charge in [-0.15, -0.1) is 11.3 Å². The van der Waals surface area contributed by atoms with Crippen molar-refractivity contribution in [2.45, 2.75) is 19.9 Å². The molecular weight excluding hydrogens is 270 g/mol. The van der Waals surface area contributed by atoms with Gasteiger partial charge in [-0.05, 0) is 33.5 Å². The summed E-state index contributed by atoms with van der Waals surface area (Å²) in [6.07, 6.45) is 0. The Kier molecular flexibility index (Phi) is 4.30. The number of nitrogen functional groups attached to an aromatic ring is 1. The molecule has 0 spiro atoms. The quantitative estimate of drug-likeness (QED) is 0.910. The molecule has 20 heavy (non-hydrogen) atoms. The van der Waals surface area contributed by atoms with Crippen LogP contribution in [0.15, 0.2) is 18.2 Å². The minimum absolute atomic E-state index is 0.0863. The SMILES string of the molecule is Cc1cccc2c(N)c(C(=O)NCC(C)N(C)C)sc12. The lowest BCUT2D eigenvalue weighted by atomic mass is 10.1. The Balaban J connectivity index is 2.23. The van der Waals surface area contributed by atoms with Gasteiger partial charge in [-0.3, -0.25) is 4.79 Å². The number of hydrogen-bond acceptors (Lipinski definition) is 4. The number of hydrogen-bond donors (Lipinski definition) is 2. The lowest BCUT2D eigenvalue weighted by Gasteiger charge is -2.19. The zero-order valence-electron chi connectivity index (χ0n) is 12.4. The molecule has 0 aliphatic heterocycles. The Morgan fingerprint density at radius 3 is 2.75 bits per heavy atom. The number of carbonyl (C=O) groups excluding carboxylic acids is 1. The van der Waals surface area contributed by atoms with Crippen LogP contribution in [0, 0.1) is 6.92 Å². The average molecular weight is 291 g/mol. The van der Waals surface area contributed by atoms with Gasteiger partial charge in [0.15, 0.2) is 0 Å². The van der Waals surface area contributed by atoms with Crippen LogP contribution in [0.5, 0.6) is 0 Å². The summed E-state index contributed by atoms with van der Waals surface area (Å²) in [5.74, 6) is -0.0863. The maximum Gasteiger partial charge on any atom is 0.263 e. The highest BCUT2D eigenvalue weighted by atomic mass is 32.1. The van der Waals surface area contributed by atoms with Crippen molar-refractivity contribution in [3.05, 3.63) is 28.6 Å². The molecule has 1 aromatic heterocycles. The number of rotatable bonds is 4. The van der Waals surface area contributed by atoms with E-state index >= 15 is 0 Å². The van der Waals surface area contributed by atoms with E-state index in [9.17, 15) is 4.79 Å². The van der Waals surface area contributed by atoms with Crippen LogP contribution in [0.4, 0.5) is 5.69 Å². The number of nitrogens with one attached hydrogen (secondary N) is 1. The molecule has 1 aromatic carbocycles.